The number of piperidine rings is 1. The van der Waals surface area contributed by atoms with Gasteiger partial charge in [-0.3, -0.25) is 0 Å². The maximum atomic E-state index is 11.6. The van der Waals surface area contributed by atoms with Gasteiger partial charge in [0.05, 0.1) is 6.26 Å². The van der Waals surface area contributed by atoms with Gasteiger partial charge in [0.2, 0.25) is 16.8 Å². The summed E-state index contributed by atoms with van der Waals surface area (Å²) in [7, 11) is -3.09. The van der Waals surface area contributed by atoms with E-state index in [9.17, 15) is 8.42 Å². The smallest absolute Gasteiger partial charge is 0.231 e. The van der Waals surface area contributed by atoms with E-state index in [0.29, 0.717) is 25.7 Å². The van der Waals surface area contributed by atoms with Gasteiger partial charge in [-0.1, -0.05) is 19.1 Å². The number of nitrogens with zero attached hydrogens (tertiary/aromatic N) is 1. The Morgan fingerprint density at radius 3 is 2.91 bits per heavy atom. The van der Waals surface area contributed by atoms with Gasteiger partial charge in [-0.25, -0.2) is 12.7 Å². The number of hydrogen-bond acceptors (Lipinski definition) is 5. The molecule has 0 saturated carbocycles. The Morgan fingerprint density at radius 2 is 2.18 bits per heavy atom. The molecule has 2 unspecified atom stereocenters. The molecule has 0 aromatic heterocycles. The number of ether oxygens (including phenoxy) is 2. The molecule has 7 heteroatoms. The van der Waals surface area contributed by atoms with Crippen LogP contribution in [0.1, 0.15) is 18.9 Å². The maximum Gasteiger partial charge on any atom is 0.231 e. The normalized spacial score (nSPS) is 25.4. The Balaban J connectivity index is 1.60. The van der Waals surface area contributed by atoms with Gasteiger partial charge in [0.25, 0.3) is 0 Å². The van der Waals surface area contributed by atoms with Crippen LogP contribution in [-0.2, 0) is 16.6 Å². The van der Waals surface area contributed by atoms with Crippen molar-refractivity contribution in [3.05, 3.63) is 23.8 Å². The molecule has 122 valence electrons. The van der Waals surface area contributed by atoms with Crippen molar-refractivity contribution in [2.24, 2.45) is 5.92 Å². The van der Waals surface area contributed by atoms with E-state index in [-0.39, 0.29) is 12.7 Å². The van der Waals surface area contributed by atoms with Crippen LogP contribution in [-0.4, -0.2) is 44.9 Å². The van der Waals surface area contributed by atoms with E-state index in [1.165, 1.54) is 6.26 Å². The predicted octanol–water partition coefficient (Wildman–Crippen LogP) is 1.17. The van der Waals surface area contributed by atoms with Crippen LogP contribution in [0.5, 0.6) is 11.5 Å². The number of benzene rings is 1. The second kappa shape index (κ2) is 6.06. The predicted molar refractivity (Wildman–Crippen MR) is 83.4 cm³/mol. The van der Waals surface area contributed by atoms with Crippen molar-refractivity contribution in [3.8, 4) is 11.5 Å². The molecule has 22 heavy (non-hydrogen) atoms. The zero-order chi connectivity index (χ0) is 15.7. The molecular formula is C15H22N2O4S. The Hall–Kier alpha value is -1.31. The minimum absolute atomic E-state index is 0.273. The molecule has 1 aromatic carbocycles. The van der Waals surface area contributed by atoms with Crippen LogP contribution in [0.15, 0.2) is 18.2 Å². The molecule has 2 aliphatic rings. The fourth-order valence-electron chi connectivity index (χ4n) is 3.08. The summed E-state index contributed by atoms with van der Waals surface area (Å²) in [6.45, 7) is 4.20. The summed E-state index contributed by atoms with van der Waals surface area (Å²) in [5, 5.41) is 3.53. The van der Waals surface area contributed by atoms with Crippen molar-refractivity contribution in [1.29, 1.82) is 0 Å². The molecule has 1 fully saturated rings. The van der Waals surface area contributed by atoms with Crippen LogP contribution in [0.25, 0.3) is 0 Å². The highest BCUT2D eigenvalue weighted by molar-refractivity contribution is 7.88. The van der Waals surface area contributed by atoms with Crippen molar-refractivity contribution in [2.75, 3.05) is 26.1 Å². The molecular weight excluding hydrogens is 304 g/mol. The van der Waals surface area contributed by atoms with Gasteiger partial charge in [0.1, 0.15) is 0 Å². The summed E-state index contributed by atoms with van der Waals surface area (Å²) < 4.78 is 35.7. The van der Waals surface area contributed by atoms with Gasteiger partial charge in [0.15, 0.2) is 11.5 Å². The Labute approximate surface area is 131 Å². The highest BCUT2D eigenvalue weighted by Crippen LogP contribution is 2.35. The molecule has 1 saturated heterocycles. The fraction of sp³-hybridized carbons (Fsp3) is 0.600. The van der Waals surface area contributed by atoms with E-state index in [1.54, 1.807) is 4.31 Å². The Kier molecular flexibility index (Phi) is 4.29. The van der Waals surface area contributed by atoms with Gasteiger partial charge < -0.3 is 14.8 Å². The van der Waals surface area contributed by atoms with E-state index in [2.05, 4.69) is 12.2 Å². The zero-order valence-electron chi connectivity index (χ0n) is 12.9. The lowest BCUT2D eigenvalue weighted by Gasteiger charge is -2.36. The zero-order valence-corrected chi connectivity index (χ0v) is 13.7. The molecule has 0 radical (unpaired) electrons. The molecule has 1 N–H and O–H groups in total. The van der Waals surface area contributed by atoms with Crippen molar-refractivity contribution in [3.63, 3.8) is 0 Å². The molecule has 1 aromatic rings. The average molecular weight is 326 g/mol. The second-order valence-corrected chi connectivity index (χ2v) is 8.01. The highest BCUT2D eigenvalue weighted by atomic mass is 32.2. The maximum absolute atomic E-state index is 11.6. The van der Waals surface area contributed by atoms with Crippen molar-refractivity contribution < 1.29 is 17.9 Å². The number of para-hydroxylation sites is 1. The number of nitrogens with one attached hydrogen (secondary N) is 1. The quantitative estimate of drug-likeness (QED) is 0.900. The molecule has 3 rings (SSSR count). The summed E-state index contributed by atoms with van der Waals surface area (Å²) >= 11 is 0. The van der Waals surface area contributed by atoms with E-state index in [0.717, 1.165) is 23.5 Å². The van der Waals surface area contributed by atoms with Gasteiger partial charge in [0, 0.05) is 31.2 Å². The SMILES string of the molecule is CC1CN(S(C)(=O)=O)CCC1NCc1cccc2c1OCO2. The van der Waals surface area contributed by atoms with Crippen LogP contribution in [0.2, 0.25) is 0 Å². The summed E-state index contributed by atoms with van der Waals surface area (Å²) in [4.78, 5) is 0. The molecule has 6 nitrogen and oxygen atoms in total. The van der Waals surface area contributed by atoms with Crippen LogP contribution in [0.4, 0.5) is 0 Å². The lowest BCUT2D eigenvalue weighted by molar-refractivity contribution is 0.172. The topological polar surface area (TPSA) is 67.9 Å². The van der Waals surface area contributed by atoms with Crippen molar-refractivity contribution in [2.45, 2.75) is 25.9 Å². The molecule has 2 atom stereocenters. The summed E-state index contributed by atoms with van der Waals surface area (Å²) in [6, 6.07) is 6.19. The minimum atomic E-state index is -3.09. The first-order valence-corrected chi connectivity index (χ1v) is 9.36. The van der Waals surface area contributed by atoms with E-state index < -0.39 is 10.0 Å². The van der Waals surface area contributed by atoms with Crippen molar-refractivity contribution in [1.82, 2.24) is 9.62 Å². The fourth-order valence-corrected chi connectivity index (χ4v) is 4.03. The minimum Gasteiger partial charge on any atom is -0.454 e. The largest absolute Gasteiger partial charge is 0.454 e. The van der Waals surface area contributed by atoms with Crippen LogP contribution >= 0.6 is 0 Å². The molecule has 0 aliphatic carbocycles. The molecule has 0 bridgehead atoms. The lowest BCUT2D eigenvalue weighted by atomic mass is 9.95. The number of fused-ring (bicyclic) bond motifs is 1. The number of sulfonamides is 1. The first kappa shape index (κ1) is 15.6. The van der Waals surface area contributed by atoms with Gasteiger partial charge >= 0.3 is 0 Å². The molecule has 0 spiro atoms. The van der Waals surface area contributed by atoms with Crippen LogP contribution < -0.4 is 14.8 Å². The van der Waals surface area contributed by atoms with Gasteiger partial charge in [-0.05, 0) is 18.4 Å². The first-order valence-electron chi connectivity index (χ1n) is 7.51. The van der Waals surface area contributed by atoms with Gasteiger partial charge in [-0.2, -0.15) is 0 Å². The first-order chi connectivity index (χ1) is 10.4. The number of hydrogen-bond donors (Lipinski definition) is 1. The third kappa shape index (κ3) is 3.21. The van der Waals surface area contributed by atoms with E-state index in [4.69, 9.17) is 9.47 Å². The van der Waals surface area contributed by atoms with Gasteiger partial charge in [-0.15, -0.1) is 0 Å². The summed E-state index contributed by atoms with van der Waals surface area (Å²) in [5.41, 5.74) is 1.08. The molecule has 2 heterocycles. The monoisotopic (exact) mass is 326 g/mol. The Bertz CT molecular complexity index is 647. The highest BCUT2D eigenvalue weighted by Gasteiger charge is 2.30. The molecule has 0 amide bonds. The summed E-state index contributed by atoms with van der Waals surface area (Å²) in [6.07, 6.45) is 2.10. The number of rotatable bonds is 4. The third-order valence-corrected chi connectivity index (χ3v) is 5.64. The third-order valence-electron chi connectivity index (χ3n) is 4.37. The van der Waals surface area contributed by atoms with Crippen LogP contribution in [0, 0.1) is 5.92 Å². The molecule has 2 aliphatic heterocycles. The lowest BCUT2D eigenvalue weighted by Crippen LogP contribution is -2.49. The van der Waals surface area contributed by atoms with Crippen molar-refractivity contribution >= 4 is 10.0 Å². The summed E-state index contributed by atoms with van der Waals surface area (Å²) in [5.74, 6) is 1.88. The van der Waals surface area contributed by atoms with Crippen LogP contribution in [0.3, 0.4) is 0 Å². The van der Waals surface area contributed by atoms with E-state index >= 15 is 0 Å². The average Bonchev–Trinajstić information content (AvgIpc) is 2.94. The van der Waals surface area contributed by atoms with E-state index in [1.807, 2.05) is 18.2 Å². The standard InChI is InChI=1S/C15H22N2O4S/c1-11-9-17(22(2,18)19)7-6-13(11)16-8-12-4-3-5-14-15(12)21-10-20-14/h3-5,11,13,16H,6-10H2,1-2H3. The Morgan fingerprint density at radius 1 is 1.36 bits per heavy atom. The second-order valence-electron chi connectivity index (χ2n) is 6.03.